The quantitative estimate of drug-likeness (QED) is 0.816. The second-order valence-electron chi connectivity index (χ2n) is 4.38. The molecule has 1 aliphatic rings. The molecule has 4 nitrogen and oxygen atoms in total. The van der Waals surface area contributed by atoms with Crippen LogP contribution in [0.25, 0.3) is 0 Å². The van der Waals surface area contributed by atoms with Gasteiger partial charge in [0.1, 0.15) is 0 Å². The third-order valence-corrected chi connectivity index (χ3v) is 3.05. The van der Waals surface area contributed by atoms with Crippen molar-refractivity contribution in [2.24, 2.45) is 5.92 Å². The highest BCUT2D eigenvalue weighted by Gasteiger charge is 2.25. The maximum Gasteiger partial charge on any atom is 0.254 e. The van der Waals surface area contributed by atoms with Gasteiger partial charge in [-0.05, 0) is 18.4 Å². The molecule has 2 heterocycles. The number of ether oxygens (including phenoxy) is 1. The van der Waals surface area contributed by atoms with Crippen LogP contribution in [0, 0.1) is 17.7 Å². The maximum absolute atomic E-state index is 13.4. The molecule has 0 bridgehead atoms. The van der Waals surface area contributed by atoms with Crippen molar-refractivity contribution >= 4 is 5.91 Å². The number of halogens is 2. The Morgan fingerprint density at radius 3 is 3.06 bits per heavy atom. The number of aromatic nitrogens is 1. The Labute approximate surface area is 103 Å². The fraction of sp³-hybridized carbons (Fsp3) is 0.500. The number of nitrogens with one attached hydrogen (secondary N) is 1. The Hall–Kier alpha value is -1.56. The van der Waals surface area contributed by atoms with Gasteiger partial charge in [-0.25, -0.2) is 9.37 Å². The van der Waals surface area contributed by atoms with Crippen molar-refractivity contribution in [2.75, 3.05) is 13.2 Å². The highest BCUT2D eigenvalue weighted by molar-refractivity contribution is 5.94. The maximum atomic E-state index is 13.4. The van der Waals surface area contributed by atoms with Crippen LogP contribution < -0.4 is 5.32 Å². The van der Waals surface area contributed by atoms with Crippen molar-refractivity contribution in [3.05, 3.63) is 29.6 Å². The molecule has 2 atom stereocenters. The molecule has 0 aliphatic carbocycles. The van der Waals surface area contributed by atoms with Gasteiger partial charge in [-0.15, -0.1) is 0 Å². The molecule has 0 spiro atoms. The van der Waals surface area contributed by atoms with Gasteiger partial charge in [-0.2, -0.15) is 4.39 Å². The largest absolute Gasteiger partial charge is 0.381 e. The van der Waals surface area contributed by atoms with E-state index in [1.807, 2.05) is 6.92 Å². The smallest absolute Gasteiger partial charge is 0.254 e. The van der Waals surface area contributed by atoms with Crippen LogP contribution in [0.3, 0.4) is 0 Å². The zero-order chi connectivity index (χ0) is 13.1. The zero-order valence-electron chi connectivity index (χ0n) is 9.95. The van der Waals surface area contributed by atoms with Crippen LogP contribution in [-0.2, 0) is 4.74 Å². The van der Waals surface area contributed by atoms with E-state index in [0.717, 1.165) is 12.3 Å². The standard InChI is InChI=1S/C12H14F2N2O2/c1-7-6-18-5-3-9(7)16-12(17)8-2-4-15-11(14)10(8)13/h2,4,7,9H,3,5-6H2,1H3,(H,16,17). The second kappa shape index (κ2) is 5.39. The number of carbonyl (C=O) groups excluding carboxylic acids is 1. The van der Waals surface area contributed by atoms with Crippen molar-refractivity contribution in [2.45, 2.75) is 19.4 Å². The summed E-state index contributed by atoms with van der Waals surface area (Å²) in [7, 11) is 0. The van der Waals surface area contributed by atoms with E-state index in [-0.39, 0.29) is 17.5 Å². The fourth-order valence-corrected chi connectivity index (χ4v) is 1.93. The molecule has 1 saturated heterocycles. The van der Waals surface area contributed by atoms with Crippen LogP contribution >= 0.6 is 0 Å². The lowest BCUT2D eigenvalue weighted by Crippen LogP contribution is -2.44. The molecule has 2 rings (SSSR count). The molecule has 98 valence electrons. The number of hydrogen-bond acceptors (Lipinski definition) is 3. The molecule has 18 heavy (non-hydrogen) atoms. The number of amides is 1. The summed E-state index contributed by atoms with van der Waals surface area (Å²) in [5.41, 5.74) is -0.318. The molecule has 1 aromatic rings. The fourth-order valence-electron chi connectivity index (χ4n) is 1.93. The molecule has 0 aromatic carbocycles. The first-order valence-corrected chi connectivity index (χ1v) is 5.78. The van der Waals surface area contributed by atoms with Crippen LogP contribution in [0.2, 0.25) is 0 Å². The summed E-state index contributed by atoms with van der Waals surface area (Å²) >= 11 is 0. The van der Waals surface area contributed by atoms with E-state index in [9.17, 15) is 13.6 Å². The summed E-state index contributed by atoms with van der Waals surface area (Å²) in [5, 5.41) is 2.70. The number of hydrogen-bond donors (Lipinski definition) is 1. The summed E-state index contributed by atoms with van der Waals surface area (Å²) in [6.45, 7) is 3.05. The molecule has 2 unspecified atom stereocenters. The first kappa shape index (κ1) is 12.9. The minimum absolute atomic E-state index is 0.0816. The Morgan fingerprint density at radius 2 is 2.33 bits per heavy atom. The van der Waals surface area contributed by atoms with Gasteiger partial charge in [0.25, 0.3) is 5.91 Å². The van der Waals surface area contributed by atoms with E-state index in [1.54, 1.807) is 0 Å². The van der Waals surface area contributed by atoms with E-state index >= 15 is 0 Å². The van der Waals surface area contributed by atoms with Gasteiger partial charge in [0.05, 0.1) is 12.2 Å². The molecule has 0 radical (unpaired) electrons. The van der Waals surface area contributed by atoms with E-state index < -0.39 is 17.7 Å². The van der Waals surface area contributed by atoms with Gasteiger partial charge in [0.15, 0.2) is 5.82 Å². The molecule has 1 aliphatic heterocycles. The lowest BCUT2D eigenvalue weighted by molar-refractivity contribution is 0.0374. The number of nitrogens with zero attached hydrogens (tertiary/aromatic N) is 1. The normalized spacial score (nSPS) is 23.7. The molecular weight excluding hydrogens is 242 g/mol. The predicted octanol–water partition coefficient (Wildman–Crippen LogP) is 1.51. The Balaban J connectivity index is 2.09. The summed E-state index contributed by atoms with van der Waals surface area (Å²) in [5.74, 6) is -2.94. The van der Waals surface area contributed by atoms with Crippen molar-refractivity contribution in [1.29, 1.82) is 0 Å². The van der Waals surface area contributed by atoms with E-state index in [2.05, 4.69) is 10.3 Å². The second-order valence-corrected chi connectivity index (χ2v) is 4.38. The third-order valence-electron chi connectivity index (χ3n) is 3.05. The minimum Gasteiger partial charge on any atom is -0.381 e. The lowest BCUT2D eigenvalue weighted by Gasteiger charge is -2.29. The first-order chi connectivity index (χ1) is 8.59. The van der Waals surface area contributed by atoms with Gasteiger partial charge in [0.2, 0.25) is 5.95 Å². The monoisotopic (exact) mass is 256 g/mol. The van der Waals surface area contributed by atoms with Gasteiger partial charge in [-0.3, -0.25) is 4.79 Å². The lowest BCUT2D eigenvalue weighted by atomic mass is 9.97. The number of carbonyl (C=O) groups is 1. The van der Waals surface area contributed by atoms with Crippen LogP contribution in [0.5, 0.6) is 0 Å². The molecule has 0 saturated carbocycles. The topological polar surface area (TPSA) is 51.2 Å². The Kier molecular flexibility index (Phi) is 3.86. The van der Waals surface area contributed by atoms with E-state index in [1.165, 1.54) is 0 Å². The average Bonchev–Trinajstić information content (AvgIpc) is 2.35. The predicted molar refractivity (Wildman–Crippen MR) is 60.0 cm³/mol. The molecular formula is C12H14F2N2O2. The van der Waals surface area contributed by atoms with Crippen LogP contribution in [-0.4, -0.2) is 30.1 Å². The molecule has 1 fully saturated rings. The molecule has 1 amide bonds. The van der Waals surface area contributed by atoms with E-state index in [0.29, 0.717) is 19.6 Å². The minimum atomic E-state index is -1.26. The van der Waals surface area contributed by atoms with Crippen molar-refractivity contribution in [3.8, 4) is 0 Å². The summed E-state index contributed by atoms with van der Waals surface area (Å²) in [6, 6.07) is 1.08. The Bertz CT molecular complexity index is 454. The SMILES string of the molecule is CC1COCCC1NC(=O)c1ccnc(F)c1F. The van der Waals surface area contributed by atoms with Crippen LogP contribution in [0.4, 0.5) is 8.78 Å². The highest BCUT2D eigenvalue weighted by atomic mass is 19.2. The van der Waals surface area contributed by atoms with Crippen LogP contribution in [0.1, 0.15) is 23.7 Å². The third kappa shape index (κ3) is 2.64. The first-order valence-electron chi connectivity index (χ1n) is 5.78. The van der Waals surface area contributed by atoms with Crippen LogP contribution in [0.15, 0.2) is 12.3 Å². The van der Waals surface area contributed by atoms with Crippen molar-refractivity contribution < 1.29 is 18.3 Å². The van der Waals surface area contributed by atoms with Gasteiger partial charge in [-0.1, -0.05) is 6.92 Å². The van der Waals surface area contributed by atoms with Crippen molar-refractivity contribution in [3.63, 3.8) is 0 Å². The number of pyridine rings is 1. The molecule has 1 aromatic heterocycles. The van der Waals surface area contributed by atoms with E-state index in [4.69, 9.17) is 4.74 Å². The highest BCUT2D eigenvalue weighted by Crippen LogP contribution is 2.15. The Morgan fingerprint density at radius 1 is 1.56 bits per heavy atom. The zero-order valence-corrected chi connectivity index (χ0v) is 9.95. The van der Waals surface area contributed by atoms with Gasteiger partial charge in [0, 0.05) is 18.8 Å². The van der Waals surface area contributed by atoms with Gasteiger partial charge >= 0.3 is 0 Å². The summed E-state index contributed by atoms with van der Waals surface area (Å²) < 4.78 is 31.5. The summed E-state index contributed by atoms with van der Waals surface area (Å²) in [4.78, 5) is 15.0. The average molecular weight is 256 g/mol. The molecule has 1 N–H and O–H groups in total. The molecule has 6 heteroatoms. The van der Waals surface area contributed by atoms with Gasteiger partial charge < -0.3 is 10.1 Å². The van der Waals surface area contributed by atoms with Crippen molar-refractivity contribution in [1.82, 2.24) is 10.3 Å². The number of rotatable bonds is 2. The summed E-state index contributed by atoms with van der Waals surface area (Å²) in [6.07, 6.45) is 1.74.